The third-order valence-corrected chi connectivity index (χ3v) is 5.12. The Kier molecular flexibility index (Phi) is 6.95. The molecule has 2 aromatic rings. The summed E-state index contributed by atoms with van der Waals surface area (Å²) in [5, 5.41) is 6.02. The number of amides is 1. The van der Waals surface area contributed by atoms with Gasteiger partial charge in [0.2, 0.25) is 17.6 Å². The minimum atomic E-state index is -0.416. The summed E-state index contributed by atoms with van der Waals surface area (Å²) < 4.78 is 5.34. The Hall–Kier alpha value is -1.48. The van der Waals surface area contributed by atoms with Crippen LogP contribution in [0.1, 0.15) is 19.7 Å². The second-order valence-corrected chi connectivity index (χ2v) is 7.31. The van der Waals surface area contributed by atoms with Crippen LogP contribution in [0.2, 0.25) is 0 Å². The average Bonchev–Trinajstić information content (AvgIpc) is 3.25. The number of aromatic nitrogens is 2. The molecule has 0 radical (unpaired) electrons. The normalized spacial score (nSPS) is 16.7. The van der Waals surface area contributed by atoms with Crippen LogP contribution < -0.4 is 5.73 Å². The highest BCUT2D eigenvalue weighted by Gasteiger charge is 2.27. The topological polar surface area (TPSA) is 88.5 Å². The van der Waals surface area contributed by atoms with Crippen molar-refractivity contribution in [3.05, 3.63) is 23.4 Å². The largest absolute Gasteiger partial charge is 0.339 e. The van der Waals surface area contributed by atoms with Crippen LogP contribution in [-0.2, 0) is 11.3 Å². The number of carbonyl (C=O) groups is 1. The molecule has 7 nitrogen and oxygen atoms in total. The van der Waals surface area contributed by atoms with E-state index in [0.29, 0.717) is 31.3 Å². The fourth-order valence-corrected chi connectivity index (χ4v) is 3.29. The molecule has 138 valence electrons. The zero-order chi connectivity index (χ0) is 17.1. The van der Waals surface area contributed by atoms with Crippen LogP contribution in [0, 0.1) is 5.92 Å². The van der Waals surface area contributed by atoms with Crippen LogP contribution in [0.15, 0.2) is 22.0 Å². The van der Waals surface area contributed by atoms with Crippen molar-refractivity contribution in [3.8, 4) is 10.7 Å². The zero-order valence-electron chi connectivity index (χ0n) is 14.4. The number of nitrogens with zero attached hydrogens (tertiary/aromatic N) is 4. The molecule has 25 heavy (non-hydrogen) atoms. The van der Waals surface area contributed by atoms with Crippen LogP contribution in [0.3, 0.4) is 0 Å². The molecule has 3 heterocycles. The van der Waals surface area contributed by atoms with E-state index in [1.54, 1.807) is 11.3 Å². The number of hydrogen-bond donors (Lipinski definition) is 1. The van der Waals surface area contributed by atoms with Crippen molar-refractivity contribution in [1.82, 2.24) is 19.9 Å². The van der Waals surface area contributed by atoms with Crippen molar-refractivity contribution >= 4 is 29.7 Å². The van der Waals surface area contributed by atoms with Crippen LogP contribution in [-0.4, -0.2) is 58.1 Å². The van der Waals surface area contributed by atoms with Gasteiger partial charge in [0.05, 0.1) is 17.5 Å². The first kappa shape index (κ1) is 19.8. The summed E-state index contributed by atoms with van der Waals surface area (Å²) in [6.07, 6.45) is 0. The Morgan fingerprint density at radius 3 is 2.68 bits per heavy atom. The van der Waals surface area contributed by atoms with Gasteiger partial charge < -0.3 is 15.2 Å². The molecule has 2 aromatic heterocycles. The highest BCUT2D eigenvalue weighted by atomic mass is 35.5. The number of carbonyl (C=O) groups excluding carboxylic acids is 1. The molecule has 0 aromatic carbocycles. The molecule has 1 amide bonds. The van der Waals surface area contributed by atoms with E-state index in [-0.39, 0.29) is 24.2 Å². The standard InChI is InChI=1S/C16H23N5O2S.ClH/c1-11(2)14(17)16(22)21-7-5-20(6-8-21)10-13-18-15(19-23-13)12-4-3-9-24-12;/h3-4,9,11,14H,5-8,10,17H2,1-2H3;1H/t14-;/m0./s1. The molecule has 1 fully saturated rings. The Morgan fingerprint density at radius 1 is 1.36 bits per heavy atom. The predicted molar refractivity (Wildman–Crippen MR) is 99.5 cm³/mol. The summed E-state index contributed by atoms with van der Waals surface area (Å²) in [6, 6.07) is 3.52. The lowest BCUT2D eigenvalue weighted by Crippen LogP contribution is -2.54. The van der Waals surface area contributed by atoms with Gasteiger partial charge in [0.1, 0.15) is 0 Å². The van der Waals surface area contributed by atoms with E-state index >= 15 is 0 Å². The SMILES string of the molecule is CC(C)[C@H](N)C(=O)N1CCN(Cc2nc(-c3cccs3)no2)CC1.Cl. The van der Waals surface area contributed by atoms with Crippen molar-refractivity contribution in [2.45, 2.75) is 26.4 Å². The van der Waals surface area contributed by atoms with Gasteiger partial charge in [-0.05, 0) is 17.4 Å². The van der Waals surface area contributed by atoms with Gasteiger partial charge in [-0.25, -0.2) is 0 Å². The summed E-state index contributed by atoms with van der Waals surface area (Å²) in [5.41, 5.74) is 5.96. The van der Waals surface area contributed by atoms with E-state index in [2.05, 4.69) is 15.0 Å². The molecule has 0 unspecified atom stereocenters. The number of piperazine rings is 1. The van der Waals surface area contributed by atoms with E-state index in [4.69, 9.17) is 10.3 Å². The lowest BCUT2D eigenvalue weighted by atomic mass is 10.0. The summed E-state index contributed by atoms with van der Waals surface area (Å²) >= 11 is 1.59. The highest BCUT2D eigenvalue weighted by Crippen LogP contribution is 2.21. The first-order chi connectivity index (χ1) is 11.5. The van der Waals surface area contributed by atoms with E-state index in [0.717, 1.165) is 18.0 Å². The summed E-state index contributed by atoms with van der Waals surface area (Å²) in [6.45, 7) is 7.49. The first-order valence-corrected chi connectivity index (χ1v) is 9.05. The van der Waals surface area contributed by atoms with Gasteiger partial charge in [0, 0.05) is 26.2 Å². The van der Waals surface area contributed by atoms with E-state index < -0.39 is 6.04 Å². The minimum Gasteiger partial charge on any atom is -0.339 e. The van der Waals surface area contributed by atoms with E-state index in [1.807, 2.05) is 36.3 Å². The lowest BCUT2D eigenvalue weighted by molar-refractivity contribution is -0.135. The molecule has 0 aliphatic carbocycles. The second-order valence-electron chi connectivity index (χ2n) is 6.36. The maximum Gasteiger partial charge on any atom is 0.241 e. The van der Waals surface area contributed by atoms with Crippen LogP contribution >= 0.6 is 23.7 Å². The lowest BCUT2D eigenvalue weighted by Gasteiger charge is -2.35. The third-order valence-electron chi connectivity index (χ3n) is 4.26. The maximum absolute atomic E-state index is 12.3. The summed E-state index contributed by atoms with van der Waals surface area (Å²) in [7, 11) is 0. The van der Waals surface area contributed by atoms with Crippen LogP contribution in [0.25, 0.3) is 10.7 Å². The molecule has 0 bridgehead atoms. The Bertz CT molecular complexity index is 668. The van der Waals surface area contributed by atoms with Gasteiger partial charge in [0.15, 0.2) is 0 Å². The summed E-state index contributed by atoms with van der Waals surface area (Å²) in [4.78, 5) is 21.8. The number of hydrogen-bond acceptors (Lipinski definition) is 7. The average molecular weight is 386 g/mol. The Labute approximate surface area is 157 Å². The molecule has 2 N–H and O–H groups in total. The molecule has 3 rings (SSSR count). The number of nitrogens with two attached hydrogens (primary N) is 1. The molecular weight excluding hydrogens is 362 g/mol. The van der Waals surface area contributed by atoms with Gasteiger partial charge in [0.25, 0.3) is 0 Å². The zero-order valence-corrected chi connectivity index (χ0v) is 16.1. The summed E-state index contributed by atoms with van der Waals surface area (Å²) in [5.74, 6) is 1.45. The van der Waals surface area contributed by atoms with Crippen molar-refractivity contribution in [2.75, 3.05) is 26.2 Å². The van der Waals surface area contributed by atoms with Crippen molar-refractivity contribution in [1.29, 1.82) is 0 Å². The Morgan fingerprint density at radius 2 is 2.08 bits per heavy atom. The van der Waals surface area contributed by atoms with Crippen LogP contribution in [0.5, 0.6) is 0 Å². The molecule has 1 saturated heterocycles. The minimum absolute atomic E-state index is 0. The fraction of sp³-hybridized carbons (Fsp3) is 0.562. The van der Waals surface area contributed by atoms with E-state index in [1.165, 1.54) is 0 Å². The first-order valence-electron chi connectivity index (χ1n) is 8.18. The smallest absolute Gasteiger partial charge is 0.241 e. The molecule has 1 aliphatic rings. The maximum atomic E-state index is 12.3. The highest BCUT2D eigenvalue weighted by molar-refractivity contribution is 7.13. The predicted octanol–water partition coefficient (Wildman–Crippen LogP) is 1.85. The molecule has 9 heteroatoms. The van der Waals surface area contributed by atoms with Crippen molar-refractivity contribution in [2.24, 2.45) is 11.7 Å². The number of thiophene rings is 1. The second kappa shape index (κ2) is 8.75. The molecule has 1 atom stereocenters. The van der Waals surface area contributed by atoms with Gasteiger partial charge in [-0.15, -0.1) is 23.7 Å². The molecular formula is C16H24ClN5O2S. The number of halogens is 1. The van der Waals surface area contributed by atoms with E-state index in [9.17, 15) is 4.79 Å². The number of rotatable bonds is 5. The fourth-order valence-electron chi connectivity index (χ4n) is 2.64. The quantitative estimate of drug-likeness (QED) is 0.844. The van der Waals surface area contributed by atoms with Gasteiger partial charge >= 0.3 is 0 Å². The molecule has 0 spiro atoms. The van der Waals surface area contributed by atoms with Crippen LogP contribution in [0.4, 0.5) is 0 Å². The van der Waals surface area contributed by atoms with Crippen molar-refractivity contribution < 1.29 is 9.32 Å². The van der Waals surface area contributed by atoms with Crippen molar-refractivity contribution in [3.63, 3.8) is 0 Å². The monoisotopic (exact) mass is 385 g/mol. The van der Waals surface area contributed by atoms with Gasteiger partial charge in [-0.2, -0.15) is 4.98 Å². The van der Waals surface area contributed by atoms with Gasteiger partial charge in [-0.3, -0.25) is 9.69 Å². The molecule has 1 aliphatic heterocycles. The van der Waals surface area contributed by atoms with Gasteiger partial charge in [-0.1, -0.05) is 25.1 Å². The third kappa shape index (κ3) is 4.78. The molecule has 0 saturated carbocycles. The Balaban J connectivity index is 0.00000225.